The average molecular weight is 389 g/mol. The molecule has 4 heteroatoms. The number of nitrogens with zero attached hydrogens (tertiary/aromatic N) is 2. The van der Waals surface area contributed by atoms with Gasteiger partial charge in [-0.15, -0.1) is 0 Å². The molecular formula is C24H18ClFN2. The van der Waals surface area contributed by atoms with Crippen molar-refractivity contribution < 1.29 is 4.39 Å². The third-order valence-electron chi connectivity index (χ3n) is 5.27. The molecule has 0 saturated heterocycles. The third kappa shape index (κ3) is 3.02. The summed E-state index contributed by atoms with van der Waals surface area (Å²) in [7, 11) is 0. The molecule has 0 aliphatic carbocycles. The molecule has 138 valence electrons. The SMILES string of the molecule is Fc1ccc(-c2nc3ccccc3cc2N2CCCc3cc(Cl)ccc32)cc1. The molecule has 28 heavy (non-hydrogen) atoms. The Labute approximate surface area is 168 Å². The quantitative estimate of drug-likeness (QED) is 0.376. The Balaban J connectivity index is 1.75. The number of rotatable bonds is 2. The van der Waals surface area contributed by atoms with Crippen molar-refractivity contribution in [2.75, 3.05) is 11.4 Å². The minimum atomic E-state index is -0.246. The Morgan fingerprint density at radius 2 is 1.71 bits per heavy atom. The molecule has 1 aliphatic rings. The summed E-state index contributed by atoms with van der Waals surface area (Å²) in [6, 6.07) is 22.9. The van der Waals surface area contributed by atoms with E-state index >= 15 is 0 Å². The summed E-state index contributed by atoms with van der Waals surface area (Å²) >= 11 is 6.22. The van der Waals surface area contributed by atoms with Gasteiger partial charge in [-0.2, -0.15) is 0 Å². The summed E-state index contributed by atoms with van der Waals surface area (Å²) in [5, 5.41) is 1.85. The summed E-state index contributed by atoms with van der Waals surface area (Å²) < 4.78 is 13.5. The highest BCUT2D eigenvalue weighted by Gasteiger charge is 2.22. The van der Waals surface area contributed by atoms with Crippen molar-refractivity contribution in [3.63, 3.8) is 0 Å². The fourth-order valence-electron chi connectivity index (χ4n) is 3.95. The molecule has 0 spiro atoms. The van der Waals surface area contributed by atoms with Crippen LogP contribution < -0.4 is 4.90 Å². The molecule has 0 atom stereocenters. The first-order valence-electron chi connectivity index (χ1n) is 9.41. The van der Waals surface area contributed by atoms with Crippen LogP contribution in [0, 0.1) is 5.82 Å². The number of benzene rings is 3. The molecule has 0 amide bonds. The van der Waals surface area contributed by atoms with E-state index in [1.165, 1.54) is 17.7 Å². The molecule has 0 radical (unpaired) electrons. The maximum Gasteiger partial charge on any atom is 0.123 e. The first-order valence-corrected chi connectivity index (χ1v) is 9.78. The standard InChI is InChI=1S/C24H18ClFN2/c25-19-9-12-22-18(14-19)5-3-13-28(22)23-15-17-4-1-2-6-21(17)27-24(23)16-7-10-20(26)11-8-16/h1-2,4,6-12,14-15H,3,5,13H2. The molecule has 3 aromatic carbocycles. The van der Waals surface area contributed by atoms with E-state index in [0.29, 0.717) is 0 Å². The molecule has 1 aromatic heterocycles. The molecule has 1 aliphatic heterocycles. The molecule has 4 aromatic rings. The van der Waals surface area contributed by atoms with Gasteiger partial charge in [0.25, 0.3) is 0 Å². The molecule has 2 heterocycles. The topological polar surface area (TPSA) is 16.1 Å². The van der Waals surface area contributed by atoms with Gasteiger partial charge in [0.15, 0.2) is 0 Å². The first-order chi connectivity index (χ1) is 13.7. The average Bonchev–Trinajstić information content (AvgIpc) is 2.73. The van der Waals surface area contributed by atoms with Crippen molar-refractivity contribution >= 4 is 33.9 Å². The number of hydrogen-bond acceptors (Lipinski definition) is 2. The fourth-order valence-corrected chi connectivity index (χ4v) is 4.14. The van der Waals surface area contributed by atoms with Crippen LogP contribution in [0.4, 0.5) is 15.8 Å². The van der Waals surface area contributed by atoms with E-state index in [4.69, 9.17) is 16.6 Å². The van der Waals surface area contributed by atoms with E-state index in [-0.39, 0.29) is 5.82 Å². The van der Waals surface area contributed by atoms with Crippen LogP contribution >= 0.6 is 11.6 Å². The molecular weight excluding hydrogens is 371 g/mol. The van der Waals surface area contributed by atoms with Crippen molar-refractivity contribution in [3.8, 4) is 11.3 Å². The van der Waals surface area contributed by atoms with Crippen LogP contribution in [0.1, 0.15) is 12.0 Å². The second-order valence-electron chi connectivity index (χ2n) is 7.08. The van der Waals surface area contributed by atoms with E-state index in [0.717, 1.165) is 57.9 Å². The zero-order valence-corrected chi connectivity index (χ0v) is 16.0. The zero-order valence-electron chi connectivity index (χ0n) is 15.2. The van der Waals surface area contributed by atoms with Gasteiger partial charge in [0.05, 0.1) is 16.9 Å². The van der Waals surface area contributed by atoms with Gasteiger partial charge < -0.3 is 4.90 Å². The van der Waals surface area contributed by atoms with Crippen molar-refractivity contribution in [3.05, 3.63) is 89.2 Å². The van der Waals surface area contributed by atoms with E-state index in [1.54, 1.807) is 12.1 Å². The Kier molecular flexibility index (Phi) is 4.25. The van der Waals surface area contributed by atoms with Gasteiger partial charge in [-0.3, -0.25) is 0 Å². The lowest BCUT2D eigenvalue weighted by Gasteiger charge is -2.33. The monoisotopic (exact) mass is 388 g/mol. The lowest BCUT2D eigenvalue weighted by atomic mass is 9.99. The first kappa shape index (κ1) is 17.2. The lowest BCUT2D eigenvalue weighted by molar-refractivity contribution is 0.628. The second kappa shape index (κ2) is 6.92. The lowest BCUT2D eigenvalue weighted by Crippen LogP contribution is -2.25. The maximum absolute atomic E-state index is 13.5. The number of anilines is 2. The second-order valence-corrected chi connectivity index (χ2v) is 7.52. The molecule has 0 unspecified atom stereocenters. The molecule has 5 rings (SSSR count). The zero-order chi connectivity index (χ0) is 19.1. The van der Waals surface area contributed by atoms with Crippen LogP contribution in [-0.4, -0.2) is 11.5 Å². The van der Waals surface area contributed by atoms with Crippen LogP contribution in [0.2, 0.25) is 5.02 Å². The number of halogens is 2. The number of fused-ring (bicyclic) bond motifs is 2. The van der Waals surface area contributed by atoms with Crippen molar-refractivity contribution in [2.45, 2.75) is 12.8 Å². The van der Waals surface area contributed by atoms with Gasteiger partial charge in [-0.1, -0.05) is 29.8 Å². The Morgan fingerprint density at radius 3 is 2.57 bits per heavy atom. The maximum atomic E-state index is 13.5. The van der Waals surface area contributed by atoms with E-state index < -0.39 is 0 Å². The van der Waals surface area contributed by atoms with Crippen molar-refractivity contribution in [2.24, 2.45) is 0 Å². The van der Waals surface area contributed by atoms with Crippen LogP contribution in [0.15, 0.2) is 72.8 Å². The smallest absolute Gasteiger partial charge is 0.123 e. The van der Waals surface area contributed by atoms with E-state index in [9.17, 15) is 4.39 Å². The van der Waals surface area contributed by atoms with Crippen molar-refractivity contribution in [1.29, 1.82) is 0 Å². The van der Waals surface area contributed by atoms with Crippen LogP contribution in [0.25, 0.3) is 22.2 Å². The largest absolute Gasteiger partial charge is 0.339 e. The van der Waals surface area contributed by atoms with Gasteiger partial charge in [-0.05, 0) is 73.0 Å². The molecule has 0 bridgehead atoms. The summed E-state index contributed by atoms with van der Waals surface area (Å²) in [5.41, 5.74) is 6.14. The number of hydrogen-bond donors (Lipinski definition) is 0. The number of aromatic nitrogens is 1. The number of pyridine rings is 1. The van der Waals surface area contributed by atoms with Crippen LogP contribution in [0.3, 0.4) is 0 Å². The summed E-state index contributed by atoms with van der Waals surface area (Å²) in [6.07, 6.45) is 2.06. The van der Waals surface area contributed by atoms with Gasteiger partial charge >= 0.3 is 0 Å². The third-order valence-corrected chi connectivity index (χ3v) is 5.51. The van der Waals surface area contributed by atoms with Gasteiger partial charge in [-0.25, -0.2) is 9.37 Å². The summed E-state index contributed by atoms with van der Waals surface area (Å²) in [5.74, 6) is -0.246. The highest BCUT2D eigenvalue weighted by atomic mass is 35.5. The van der Waals surface area contributed by atoms with Crippen LogP contribution in [-0.2, 0) is 6.42 Å². The molecule has 2 nitrogen and oxygen atoms in total. The summed E-state index contributed by atoms with van der Waals surface area (Å²) in [4.78, 5) is 7.26. The number of aryl methyl sites for hydroxylation is 1. The van der Waals surface area contributed by atoms with Gasteiger partial charge in [0.2, 0.25) is 0 Å². The van der Waals surface area contributed by atoms with Crippen LogP contribution in [0.5, 0.6) is 0 Å². The highest BCUT2D eigenvalue weighted by Crippen LogP contribution is 2.40. The Bertz CT molecular complexity index is 1170. The minimum Gasteiger partial charge on any atom is -0.339 e. The van der Waals surface area contributed by atoms with Gasteiger partial charge in [0, 0.05) is 28.2 Å². The molecule has 0 saturated carbocycles. The van der Waals surface area contributed by atoms with Gasteiger partial charge in [0.1, 0.15) is 5.82 Å². The highest BCUT2D eigenvalue weighted by molar-refractivity contribution is 6.30. The Hall–Kier alpha value is -2.91. The van der Waals surface area contributed by atoms with E-state index in [1.807, 2.05) is 24.3 Å². The predicted molar refractivity (Wildman–Crippen MR) is 114 cm³/mol. The minimum absolute atomic E-state index is 0.246. The molecule has 0 fully saturated rings. The summed E-state index contributed by atoms with van der Waals surface area (Å²) in [6.45, 7) is 0.906. The van der Waals surface area contributed by atoms with E-state index in [2.05, 4.69) is 29.2 Å². The Morgan fingerprint density at radius 1 is 0.893 bits per heavy atom. The number of para-hydroxylation sites is 1. The normalized spacial score (nSPS) is 13.6. The molecule has 0 N–H and O–H groups in total. The predicted octanol–water partition coefficient (Wildman–Crippen LogP) is 6.78. The fraction of sp³-hybridized carbons (Fsp3) is 0.125. The van der Waals surface area contributed by atoms with Crippen molar-refractivity contribution in [1.82, 2.24) is 4.98 Å².